The molecule has 0 unspecified atom stereocenters. The number of nitrogens with zero attached hydrogens (tertiary/aromatic N) is 2. The van der Waals surface area contributed by atoms with Crippen LogP contribution in [0.1, 0.15) is 15.9 Å². The normalized spacial score (nSPS) is 15.2. The first-order valence-corrected chi connectivity index (χ1v) is 12.8. The first kappa shape index (κ1) is 22.3. The van der Waals surface area contributed by atoms with Crippen LogP contribution < -0.4 is 4.72 Å². The Labute approximate surface area is 192 Å². The minimum Gasteiger partial charge on any atom is -0.336 e. The smallest absolute Gasteiger partial charge is 0.271 e. The Kier molecular flexibility index (Phi) is 7.04. The van der Waals surface area contributed by atoms with Crippen molar-refractivity contribution in [1.29, 1.82) is 0 Å². The van der Waals surface area contributed by atoms with Gasteiger partial charge in [-0.15, -0.1) is 11.3 Å². The Balaban J connectivity index is 1.28. The summed E-state index contributed by atoms with van der Waals surface area (Å²) >= 11 is 1.16. The summed E-state index contributed by atoms with van der Waals surface area (Å²) < 4.78 is 27.5. The van der Waals surface area contributed by atoms with E-state index in [1.165, 1.54) is 5.56 Å². The summed E-state index contributed by atoms with van der Waals surface area (Å²) in [5.41, 5.74) is 2.17. The molecule has 1 N–H and O–H groups in total. The highest BCUT2D eigenvalue weighted by atomic mass is 32.2. The summed E-state index contributed by atoms with van der Waals surface area (Å²) in [6.45, 7) is 3.85. The van der Waals surface area contributed by atoms with Gasteiger partial charge in [-0.25, -0.2) is 8.42 Å². The fourth-order valence-corrected chi connectivity index (χ4v) is 5.57. The van der Waals surface area contributed by atoms with Crippen molar-refractivity contribution in [3.8, 4) is 0 Å². The molecule has 32 heavy (non-hydrogen) atoms. The first-order valence-electron chi connectivity index (χ1n) is 10.4. The van der Waals surface area contributed by atoms with Crippen molar-refractivity contribution in [2.24, 2.45) is 0 Å². The van der Waals surface area contributed by atoms with Gasteiger partial charge in [-0.2, -0.15) is 0 Å². The summed E-state index contributed by atoms with van der Waals surface area (Å²) in [6, 6.07) is 20.0. The van der Waals surface area contributed by atoms with Gasteiger partial charge in [0.2, 0.25) is 0 Å². The highest BCUT2D eigenvalue weighted by Gasteiger charge is 2.22. The predicted molar refractivity (Wildman–Crippen MR) is 129 cm³/mol. The average molecular weight is 468 g/mol. The van der Waals surface area contributed by atoms with Gasteiger partial charge in [0.1, 0.15) is 4.21 Å². The second-order valence-corrected chi connectivity index (χ2v) is 10.4. The van der Waals surface area contributed by atoms with Crippen LogP contribution in [0, 0.1) is 0 Å². The van der Waals surface area contributed by atoms with Crippen molar-refractivity contribution in [3.05, 3.63) is 89.3 Å². The number of piperazine rings is 1. The van der Waals surface area contributed by atoms with E-state index in [0.29, 0.717) is 24.3 Å². The fourth-order valence-electron chi connectivity index (χ4n) is 3.52. The Morgan fingerprint density at radius 1 is 0.938 bits per heavy atom. The molecule has 0 saturated carbocycles. The van der Waals surface area contributed by atoms with E-state index in [2.05, 4.69) is 33.9 Å². The number of carbonyl (C=O) groups is 1. The van der Waals surface area contributed by atoms with Gasteiger partial charge >= 0.3 is 0 Å². The van der Waals surface area contributed by atoms with Crippen LogP contribution in [-0.2, 0) is 10.0 Å². The van der Waals surface area contributed by atoms with Crippen LogP contribution >= 0.6 is 11.3 Å². The maximum Gasteiger partial charge on any atom is 0.271 e. The van der Waals surface area contributed by atoms with Crippen LogP contribution in [-0.4, -0.2) is 56.8 Å². The molecule has 2 heterocycles. The van der Waals surface area contributed by atoms with E-state index < -0.39 is 10.0 Å². The molecule has 0 spiro atoms. The lowest BCUT2D eigenvalue weighted by Crippen LogP contribution is -2.48. The standard InChI is InChI=1S/C24H25N3O3S2/c28-24(21-10-12-22(13-11-21)25-32(29,30)23-9-5-19-31-23)27-17-15-26(16-18-27)14-4-8-20-6-2-1-3-7-20/h1-13,19,25H,14-18H2/b8-4+. The van der Waals surface area contributed by atoms with Gasteiger partial charge in [0.05, 0.1) is 0 Å². The van der Waals surface area contributed by atoms with Gasteiger partial charge in [0, 0.05) is 44.0 Å². The molecule has 1 aliphatic heterocycles. The Morgan fingerprint density at radius 2 is 1.66 bits per heavy atom. The monoisotopic (exact) mass is 467 g/mol. The zero-order chi connectivity index (χ0) is 22.4. The molecular weight excluding hydrogens is 442 g/mol. The van der Waals surface area contributed by atoms with E-state index in [1.807, 2.05) is 23.1 Å². The van der Waals surface area contributed by atoms with E-state index in [1.54, 1.807) is 41.8 Å². The molecule has 1 saturated heterocycles. The third kappa shape index (κ3) is 5.64. The van der Waals surface area contributed by atoms with Crippen molar-refractivity contribution < 1.29 is 13.2 Å². The predicted octanol–water partition coefficient (Wildman–Crippen LogP) is 4.02. The van der Waals surface area contributed by atoms with Crippen molar-refractivity contribution in [2.45, 2.75) is 4.21 Å². The van der Waals surface area contributed by atoms with Crippen LogP contribution in [0.5, 0.6) is 0 Å². The molecule has 3 aromatic rings. The molecule has 2 aromatic carbocycles. The highest BCUT2D eigenvalue weighted by molar-refractivity contribution is 7.94. The van der Waals surface area contributed by atoms with E-state index in [4.69, 9.17) is 0 Å². The number of thiophene rings is 1. The van der Waals surface area contributed by atoms with E-state index in [0.717, 1.165) is 31.0 Å². The number of amides is 1. The quantitative estimate of drug-likeness (QED) is 0.570. The fraction of sp³-hybridized carbons (Fsp3) is 0.208. The van der Waals surface area contributed by atoms with Crippen LogP contribution in [0.3, 0.4) is 0 Å². The van der Waals surface area contributed by atoms with Crippen molar-refractivity contribution in [1.82, 2.24) is 9.80 Å². The maximum atomic E-state index is 12.8. The minimum absolute atomic E-state index is 0.0304. The van der Waals surface area contributed by atoms with Gasteiger partial charge in [0.15, 0.2) is 0 Å². The van der Waals surface area contributed by atoms with E-state index in [9.17, 15) is 13.2 Å². The highest BCUT2D eigenvalue weighted by Crippen LogP contribution is 2.21. The van der Waals surface area contributed by atoms with Gasteiger partial charge in [-0.1, -0.05) is 48.6 Å². The van der Waals surface area contributed by atoms with Gasteiger partial charge in [0.25, 0.3) is 15.9 Å². The van der Waals surface area contributed by atoms with Crippen molar-refractivity contribution >= 4 is 39.0 Å². The van der Waals surface area contributed by atoms with Crippen LogP contribution in [0.4, 0.5) is 5.69 Å². The first-order chi connectivity index (χ1) is 15.5. The summed E-state index contributed by atoms with van der Waals surface area (Å²) in [4.78, 5) is 17.0. The summed E-state index contributed by atoms with van der Waals surface area (Å²) in [6.07, 6.45) is 4.27. The number of anilines is 1. The Morgan fingerprint density at radius 3 is 2.31 bits per heavy atom. The van der Waals surface area contributed by atoms with Crippen LogP contribution in [0.2, 0.25) is 0 Å². The molecule has 1 fully saturated rings. The lowest BCUT2D eigenvalue weighted by molar-refractivity contribution is 0.0650. The van der Waals surface area contributed by atoms with Gasteiger partial charge in [-0.05, 0) is 41.3 Å². The largest absolute Gasteiger partial charge is 0.336 e. The summed E-state index contributed by atoms with van der Waals surface area (Å²) in [5, 5.41) is 1.72. The zero-order valence-electron chi connectivity index (χ0n) is 17.6. The average Bonchev–Trinajstić information content (AvgIpc) is 3.36. The molecule has 1 aliphatic rings. The molecule has 0 aliphatic carbocycles. The van der Waals surface area contributed by atoms with Gasteiger partial charge in [-0.3, -0.25) is 14.4 Å². The molecule has 0 atom stereocenters. The van der Waals surface area contributed by atoms with Crippen LogP contribution in [0.15, 0.2) is 82.4 Å². The Hall–Kier alpha value is -2.94. The molecule has 0 radical (unpaired) electrons. The number of rotatable bonds is 7. The summed E-state index contributed by atoms with van der Waals surface area (Å²) in [5.74, 6) is -0.0304. The number of hydrogen-bond donors (Lipinski definition) is 1. The number of sulfonamides is 1. The third-order valence-corrected chi connectivity index (χ3v) is 8.06. The molecule has 4 rings (SSSR count). The van der Waals surface area contributed by atoms with Crippen molar-refractivity contribution in [3.63, 3.8) is 0 Å². The molecule has 1 aromatic heterocycles. The lowest BCUT2D eigenvalue weighted by atomic mass is 10.1. The molecule has 6 nitrogen and oxygen atoms in total. The molecular formula is C24H25N3O3S2. The topological polar surface area (TPSA) is 69.7 Å². The second-order valence-electron chi connectivity index (χ2n) is 7.52. The SMILES string of the molecule is O=C(c1ccc(NS(=O)(=O)c2cccs2)cc1)N1CCN(C/C=C/c2ccccc2)CC1. The Bertz CT molecular complexity index is 1150. The number of carbonyl (C=O) groups excluding carboxylic acids is 1. The number of hydrogen-bond acceptors (Lipinski definition) is 5. The number of nitrogens with one attached hydrogen (secondary N) is 1. The minimum atomic E-state index is -3.59. The lowest BCUT2D eigenvalue weighted by Gasteiger charge is -2.34. The molecule has 8 heteroatoms. The number of benzene rings is 2. The van der Waals surface area contributed by atoms with Gasteiger partial charge < -0.3 is 4.90 Å². The van der Waals surface area contributed by atoms with E-state index >= 15 is 0 Å². The van der Waals surface area contributed by atoms with Crippen LogP contribution in [0.25, 0.3) is 6.08 Å². The molecule has 166 valence electrons. The second kappa shape index (κ2) is 10.1. The maximum absolute atomic E-state index is 12.8. The zero-order valence-corrected chi connectivity index (χ0v) is 19.2. The summed E-state index contributed by atoms with van der Waals surface area (Å²) in [7, 11) is -3.59. The van der Waals surface area contributed by atoms with Crippen molar-refractivity contribution in [2.75, 3.05) is 37.4 Å². The van der Waals surface area contributed by atoms with E-state index in [-0.39, 0.29) is 10.1 Å². The molecule has 1 amide bonds. The third-order valence-electron chi connectivity index (χ3n) is 5.28. The molecule has 0 bridgehead atoms.